The fraction of sp³-hybridized carbons (Fsp3) is 0. The van der Waals surface area contributed by atoms with E-state index in [1.807, 2.05) is 24.3 Å². The number of para-hydroxylation sites is 1. The number of halogens is 4. The Balaban J connectivity index is 1.88. The number of nitrogens with zero attached hydrogens (tertiary/aromatic N) is 2. The van der Waals surface area contributed by atoms with Crippen LogP contribution in [0.1, 0.15) is 0 Å². The topological polar surface area (TPSA) is 37.8 Å². The summed E-state index contributed by atoms with van der Waals surface area (Å²) < 4.78 is 0. The van der Waals surface area contributed by atoms with Crippen molar-refractivity contribution >= 4 is 68.8 Å². The van der Waals surface area contributed by atoms with Crippen LogP contribution in [-0.4, -0.2) is 9.97 Å². The van der Waals surface area contributed by atoms with E-state index in [-0.39, 0.29) is 0 Å². The zero-order valence-corrected chi connectivity index (χ0v) is 16.7. The van der Waals surface area contributed by atoms with Crippen molar-refractivity contribution in [3.8, 4) is 11.4 Å². The Morgan fingerprint density at radius 2 is 1.41 bits per heavy atom. The van der Waals surface area contributed by atoms with Gasteiger partial charge in [-0.3, -0.25) is 0 Å². The molecule has 0 spiro atoms. The maximum absolute atomic E-state index is 6.35. The molecule has 0 bridgehead atoms. The predicted octanol–water partition coefficient (Wildman–Crippen LogP) is 7.65. The zero-order valence-electron chi connectivity index (χ0n) is 13.7. The molecule has 3 nitrogen and oxygen atoms in total. The molecule has 0 radical (unpaired) electrons. The molecule has 0 atom stereocenters. The molecule has 0 aliphatic carbocycles. The van der Waals surface area contributed by atoms with Gasteiger partial charge in [0.2, 0.25) is 0 Å². The fourth-order valence-corrected chi connectivity index (χ4v) is 3.63. The molecule has 0 amide bonds. The van der Waals surface area contributed by atoms with E-state index in [0.29, 0.717) is 43.0 Å². The van der Waals surface area contributed by atoms with E-state index in [9.17, 15) is 0 Å². The first-order chi connectivity index (χ1) is 13.0. The first-order valence-electron chi connectivity index (χ1n) is 7.95. The zero-order chi connectivity index (χ0) is 19.0. The largest absolute Gasteiger partial charge is 0.338 e. The van der Waals surface area contributed by atoms with Crippen LogP contribution in [0.2, 0.25) is 20.1 Å². The van der Waals surface area contributed by atoms with E-state index in [1.54, 1.807) is 36.4 Å². The lowest BCUT2D eigenvalue weighted by atomic mass is 10.1. The SMILES string of the molecule is Clc1ccc(Nc2nc(-c3ccc(Cl)cc3Cl)nc3ccccc23)c(Cl)c1. The number of benzene rings is 3. The van der Waals surface area contributed by atoms with Crippen molar-refractivity contribution in [2.24, 2.45) is 0 Å². The molecule has 134 valence electrons. The number of anilines is 2. The van der Waals surface area contributed by atoms with Crippen LogP contribution in [0.3, 0.4) is 0 Å². The lowest BCUT2D eigenvalue weighted by molar-refractivity contribution is 1.22. The van der Waals surface area contributed by atoms with Crippen LogP contribution in [0.4, 0.5) is 11.5 Å². The summed E-state index contributed by atoms with van der Waals surface area (Å²) in [7, 11) is 0. The Morgan fingerprint density at radius 1 is 0.704 bits per heavy atom. The van der Waals surface area contributed by atoms with Gasteiger partial charge in [-0.2, -0.15) is 0 Å². The first kappa shape index (κ1) is 18.3. The van der Waals surface area contributed by atoms with E-state index < -0.39 is 0 Å². The van der Waals surface area contributed by atoms with Gasteiger partial charge in [0.05, 0.1) is 21.2 Å². The summed E-state index contributed by atoms with van der Waals surface area (Å²) in [6.07, 6.45) is 0. The number of aromatic nitrogens is 2. The molecular formula is C20H11Cl4N3. The third kappa shape index (κ3) is 3.83. The quantitative estimate of drug-likeness (QED) is 0.359. The van der Waals surface area contributed by atoms with Gasteiger partial charge in [0.25, 0.3) is 0 Å². The summed E-state index contributed by atoms with van der Waals surface area (Å²) in [5, 5.41) is 6.22. The predicted molar refractivity (Wildman–Crippen MR) is 115 cm³/mol. The van der Waals surface area contributed by atoms with Gasteiger partial charge < -0.3 is 5.32 Å². The average molecular weight is 435 g/mol. The first-order valence-corrected chi connectivity index (χ1v) is 9.47. The van der Waals surface area contributed by atoms with Gasteiger partial charge in [-0.05, 0) is 48.5 Å². The van der Waals surface area contributed by atoms with Crippen LogP contribution in [0, 0.1) is 0 Å². The van der Waals surface area contributed by atoms with Crippen molar-refractivity contribution in [3.05, 3.63) is 80.8 Å². The second kappa shape index (κ2) is 7.53. The maximum Gasteiger partial charge on any atom is 0.163 e. The van der Waals surface area contributed by atoms with Gasteiger partial charge in [-0.25, -0.2) is 9.97 Å². The van der Waals surface area contributed by atoms with Crippen LogP contribution in [0.25, 0.3) is 22.3 Å². The fourth-order valence-electron chi connectivity index (χ4n) is 2.68. The highest BCUT2D eigenvalue weighted by molar-refractivity contribution is 6.37. The highest BCUT2D eigenvalue weighted by Gasteiger charge is 2.13. The Kier molecular flexibility index (Phi) is 5.11. The summed E-state index contributed by atoms with van der Waals surface area (Å²) in [6.45, 7) is 0. The molecule has 0 saturated carbocycles. The molecule has 1 aromatic heterocycles. The lowest BCUT2D eigenvalue weighted by Crippen LogP contribution is -2.00. The number of fused-ring (bicyclic) bond motifs is 1. The lowest BCUT2D eigenvalue weighted by Gasteiger charge is -2.13. The van der Waals surface area contributed by atoms with Gasteiger partial charge in [0.15, 0.2) is 5.82 Å². The van der Waals surface area contributed by atoms with Gasteiger partial charge >= 0.3 is 0 Å². The van der Waals surface area contributed by atoms with Crippen LogP contribution in [-0.2, 0) is 0 Å². The summed E-state index contributed by atoms with van der Waals surface area (Å²) >= 11 is 24.6. The van der Waals surface area contributed by atoms with Crippen LogP contribution >= 0.6 is 46.4 Å². The molecule has 0 unspecified atom stereocenters. The van der Waals surface area contributed by atoms with Gasteiger partial charge in [-0.15, -0.1) is 0 Å². The molecule has 0 aliphatic heterocycles. The van der Waals surface area contributed by atoms with Crippen molar-refractivity contribution in [2.45, 2.75) is 0 Å². The second-order valence-electron chi connectivity index (χ2n) is 5.79. The Labute approximate surface area is 175 Å². The maximum atomic E-state index is 6.35. The summed E-state index contributed by atoms with van der Waals surface area (Å²) in [5.74, 6) is 1.11. The molecule has 4 aromatic rings. The molecule has 27 heavy (non-hydrogen) atoms. The third-order valence-electron chi connectivity index (χ3n) is 3.96. The van der Waals surface area contributed by atoms with Crippen molar-refractivity contribution in [2.75, 3.05) is 5.32 Å². The van der Waals surface area contributed by atoms with Crippen LogP contribution < -0.4 is 5.32 Å². The Bertz CT molecular complexity index is 1160. The number of nitrogens with one attached hydrogen (secondary N) is 1. The molecular weight excluding hydrogens is 424 g/mol. The number of hydrogen-bond acceptors (Lipinski definition) is 3. The van der Waals surface area contributed by atoms with E-state index in [2.05, 4.69) is 15.3 Å². The van der Waals surface area contributed by atoms with Crippen molar-refractivity contribution < 1.29 is 0 Å². The summed E-state index contributed by atoms with van der Waals surface area (Å²) in [6, 6.07) is 18.2. The van der Waals surface area contributed by atoms with E-state index >= 15 is 0 Å². The minimum absolute atomic E-state index is 0.480. The molecule has 0 fully saturated rings. The van der Waals surface area contributed by atoms with Crippen molar-refractivity contribution in [1.82, 2.24) is 9.97 Å². The highest BCUT2D eigenvalue weighted by atomic mass is 35.5. The molecule has 1 N–H and O–H groups in total. The Hall–Kier alpha value is -2.04. The summed E-state index contributed by atoms with van der Waals surface area (Å²) in [4.78, 5) is 9.32. The van der Waals surface area contributed by atoms with Gasteiger partial charge in [-0.1, -0.05) is 58.5 Å². The molecule has 7 heteroatoms. The number of hydrogen-bond donors (Lipinski definition) is 1. The standard InChI is InChI=1S/C20H11Cl4N3/c21-11-5-7-13(15(23)9-11)19-25-17-4-2-1-3-14(17)20(27-19)26-18-8-6-12(22)10-16(18)24/h1-10H,(H,25,26,27). The molecule has 4 rings (SSSR count). The van der Waals surface area contributed by atoms with E-state index in [4.69, 9.17) is 46.4 Å². The smallest absolute Gasteiger partial charge is 0.163 e. The molecule has 3 aromatic carbocycles. The van der Waals surface area contributed by atoms with Gasteiger partial charge in [0, 0.05) is 21.0 Å². The van der Waals surface area contributed by atoms with Crippen molar-refractivity contribution in [3.63, 3.8) is 0 Å². The Morgan fingerprint density at radius 3 is 2.15 bits per heavy atom. The van der Waals surface area contributed by atoms with E-state index in [1.165, 1.54) is 0 Å². The number of rotatable bonds is 3. The average Bonchev–Trinajstić information content (AvgIpc) is 2.64. The summed E-state index contributed by atoms with van der Waals surface area (Å²) in [5.41, 5.74) is 2.16. The minimum Gasteiger partial charge on any atom is -0.338 e. The minimum atomic E-state index is 0.480. The normalized spacial score (nSPS) is 11.0. The van der Waals surface area contributed by atoms with Gasteiger partial charge in [0.1, 0.15) is 5.82 Å². The molecule has 1 heterocycles. The van der Waals surface area contributed by atoms with Crippen LogP contribution in [0.15, 0.2) is 60.7 Å². The monoisotopic (exact) mass is 433 g/mol. The molecule has 0 saturated heterocycles. The van der Waals surface area contributed by atoms with Crippen molar-refractivity contribution in [1.29, 1.82) is 0 Å². The molecule has 0 aliphatic rings. The van der Waals surface area contributed by atoms with Crippen LogP contribution in [0.5, 0.6) is 0 Å². The second-order valence-corrected chi connectivity index (χ2v) is 7.47. The highest BCUT2D eigenvalue weighted by Crippen LogP contribution is 2.34. The van der Waals surface area contributed by atoms with E-state index in [0.717, 1.165) is 10.9 Å². The third-order valence-corrected chi connectivity index (χ3v) is 5.06.